The van der Waals surface area contributed by atoms with Gasteiger partial charge in [0.15, 0.2) is 5.96 Å². The van der Waals surface area contributed by atoms with Crippen molar-refractivity contribution in [3.8, 4) is 5.75 Å². The smallest absolute Gasteiger partial charge is 0.191 e. The van der Waals surface area contributed by atoms with Gasteiger partial charge in [0, 0.05) is 18.7 Å². The summed E-state index contributed by atoms with van der Waals surface area (Å²) in [7, 11) is 1.75. The lowest BCUT2D eigenvalue weighted by atomic mass is 10.0. The highest BCUT2D eigenvalue weighted by Gasteiger charge is 2.25. The average Bonchev–Trinajstić information content (AvgIpc) is 3.20. The maximum absolute atomic E-state index is 5.62. The number of likely N-dealkylation sites (tertiary alicyclic amines) is 1. The van der Waals surface area contributed by atoms with E-state index in [1.54, 1.807) is 7.11 Å². The van der Waals surface area contributed by atoms with E-state index in [-0.39, 0.29) is 6.04 Å². The van der Waals surface area contributed by atoms with Crippen LogP contribution in [0.25, 0.3) is 0 Å². The Morgan fingerprint density at radius 1 is 1.27 bits per heavy atom. The highest BCUT2D eigenvalue weighted by Crippen LogP contribution is 2.31. The van der Waals surface area contributed by atoms with Crippen LogP contribution in [0.15, 0.2) is 29.3 Å². The number of benzene rings is 1. The molecule has 2 N–H and O–H groups in total. The minimum Gasteiger partial charge on any atom is -0.496 e. The molecule has 1 aliphatic heterocycles. The standard InChI is InChI=1S/C20H34N4OS/c1-4-21-20(22-12-9-15-26-3)23-16-18(24-13-7-8-14-24)17-10-5-6-11-19(17)25-2/h5-6,10-11,18H,4,7-9,12-16H2,1-3H3,(H2,21,22,23). The molecule has 1 aromatic rings. The highest BCUT2D eigenvalue weighted by molar-refractivity contribution is 7.98. The number of nitrogens with zero attached hydrogens (tertiary/aromatic N) is 2. The number of hydrogen-bond acceptors (Lipinski definition) is 4. The number of nitrogens with one attached hydrogen (secondary N) is 2. The van der Waals surface area contributed by atoms with Crippen molar-refractivity contribution < 1.29 is 4.74 Å². The topological polar surface area (TPSA) is 48.9 Å². The molecule has 1 aromatic carbocycles. The third kappa shape index (κ3) is 6.40. The fraction of sp³-hybridized carbons (Fsp3) is 0.650. The number of aliphatic imine (C=N–C) groups is 1. The Labute approximate surface area is 163 Å². The molecule has 0 bridgehead atoms. The highest BCUT2D eigenvalue weighted by atomic mass is 32.2. The minimum absolute atomic E-state index is 0.260. The second-order valence-corrected chi connectivity index (χ2v) is 7.48. The number of para-hydroxylation sites is 1. The van der Waals surface area contributed by atoms with E-state index in [1.807, 2.05) is 23.9 Å². The van der Waals surface area contributed by atoms with Crippen molar-refractivity contribution in [3.63, 3.8) is 0 Å². The molecule has 6 heteroatoms. The molecule has 1 atom stereocenters. The maximum Gasteiger partial charge on any atom is 0.191 e. The minimum atomic E-state index is 0.260. The van der Waals surface area contributed by atoms with Crippen molar-refractivity contribution in [3.05, 3.63) is 29.8 Å². The van der Waals surface area contributed by atoms with Crippen LogP contribution in [0.4, 0.5) is 0 Å². The molecular formula is C20H34N4OS. The Balaban J connectivity index is 2.11. The molecule has 2 rings (SSSR count). The van der Waals surface area contributed by atoms with E-state index in [4.69, 9.17) is 9.73 Å². The van der Waals surface area contributed by atoms with Gasteiger partial charge in [0.25, 0.3) is 0 Å². The third-order valence-corrected chi connectivity index (χ3v) is 5.36. The van der Waals surface area contributed by atoms with Gasteiger partial charge in [-0.3, -0.25) is 9.89 Å². The van der Waals surface area contributed by atoms with E-state index in [9.17, 15) is 0 Å². The van der Waals surface area contributed by atoms with E-state index < -0.39 is 0 Å². The molecule has 1 fully saturated rings. The molecule has 1 heterocycles. The number of rotatable bonds is 10. The monoisotopic (exact) mass is 378 g/mol. The van der Waals surface area contributed by atoms with Crippen molar-refractivity contribution >= 4 is 17.7 Å². The summed E-state index contributed by atoms with van der Waals surface area (Å²) in [6, 6.07) is 8.61. The van der Waals surface area contributed by atoms with Crippen LogP contribution < -0.4 is 15.4 Å². The Bertz CT molecular complexity index is 546. The largest absolute Gasteiger partial charge is 0.496 e. The van der Waals surface area contributed by atoms with E-state index >= 15 is 0 Å². The molecule has 0 saturated carbocycles. The van der Waals surface area contributed by atoms with Crippen molar-refractivity contribution in [2.24, 2.45) is 4.99 Å². The van der Waals surface area contributed by atoms with Gasteiger partial charge in [-0.15, -0.1) is 0 Å². The number of hydrogen-bond donors (Lipinski definition) is 2. The Kier molecular flexibility index (Phi) is 9.71. The van der Waals surface area contributed by atoms with Crippen molar-refractivity contribution in [2.45, 2.75) is 32.2 Å². The van der Waals surface area contributed by atoms with Crippen molar-refractivity contribution in [1.29, 1.82) is 0 Å². The van der Waals surface area contributed by atoms with Crippen molar-refractivity contribution in [1.82, 2.24) is 15.5 Å². The van der Waals surface area contributed by atoms with Gasteiger partial charge >= 0.3 is 0 Å². The first kappa shape index (κ1) is 20.9. The van der Waals surface area contributed by atoms with E-state index in [1.165, 1.54) is 24.2 Å². The lowest BCUT2D eigenvalue weighted by Crippen LogP contribution is -2.39. The summed E-state index contributed by atoms with van der Waals surface area (Å²) in [6.45, 7) is 6.94. The Morgan fingerprint density at radius 3 is 2.73 bits per heavy atom. The number of ether oxygens (including phenoxy) is 1. The van der Waals surface area contributed by atoms with Gasteiger partial charge in [0.2, 0.25) is 0 Å². The van der Waals surface area contributed by atoms with Crippen LogP contribution in [0.2, 0.25) is 0 Å². The van der Waals surface area contributed by atoms with E-state index in [0.29, 0.717) is 0 Å². The van der Waals surface area contributed by atoms with Gasteiger partial charge in [0.1, 0.15) is 5.75 Å². The molecule has 5 nitrogen and oxygen atoms in total. The lowest BCUT2D eigenvalue weighted by Gasteiger charge is -2.28. The molecule has 0 amide bonds. The van der Waals surface area contributed by atoms with Crippen LogP contribution in [0, 0.1) is 0 Å². The molecule has 26 heavy (non-hydrogen) atoms. The summed E-state index contributed by atoms with van der Waals surface area (Å²) in [6.07, 6.45) is 5.82. The second kappa shape index (κ2) is 12.1. The van der Waals surface area contributed by atoms with Crippen molar-refractivity contribution in [2.75, 3.05) is 51.8 Å². The first-order valence-electron chi connectivity index (χ1n) is 9.68. The predicted molar refractivity (Wildman–Crippen MR) is 114 cm³/mol. The molecule has 0 spiro atoms. The van der Waals surface area contributed by atoms with Crippen LogP contribution in [0.1, 0.15) is 37.8 Å². The molecule has 1 unspecified atom stereocenters. The summed E-state index contributed by atoms with van der Waals surface area (Å²) in [4.78, 5) is 7.44. The molecule has 146 valence electrons. The summed E-state index contributed by atoms with van der Waals surface area (Å²) in [5.74, 6) is 3.04. The van der Waals surface area contributed by atoms with Gasteiger partial charge in [0.05, 0.1) is 19.7 Å². The van der Waals surface area contributed by atoms with Gasteiger partial charge in [-0.25, -0.2) is 0 Å². The molecule has 0 aliphatic carbocycles. The Hall–Kier alpha value is -1.40. The fourth-order valence-electron chi connectivity index (χ4n) is 3.35. The van der Waals surface area contributed by atoms with Crippen LogP contribution >= 0.6 is 11.8 Å². The van der Waals surface area contributed by atoms with Crippen LogP contribution in [-0.2, 0) is 0 Å². The predicted octanol–water partition coefficient (Wildman–Crippen LogP) is 3.14. The van der Waals surface area contributed by atoms with E-state index in [2.05, 4.69) is 40.8 Å². The summed E-state index contributed by atoms with van der Waals surface area (Å²) in [5, 5.41) is 6.83. The zero-order valence-electron chi connectivity index (χ0n) is 16.5. The van der Waals surface area contributed by atoms with Crippen LogP contribution in [0.3, 0.4) is 0 Å². The van der Waals surface area contributed by atoms with Gasteiger partial charge < -0.3 is 15.4 Å². The molecular weight excluding hydrogens is 344 g/mol. The van der Waals surface area contributed by atoms with Crippen LogP contribution in [-0.4, -0.2) is 62.7 Å². The second-order valence-electron chi connectivity index (χ2n) is 6.49. The van der Waals surface area contributed by atoms with Gasteiger partial charge in [-0.05, 0) is 57.4 Å². The quantitative estimate of drug-likeness (QED) is 0.372. The third-order valence-electron chi connectivity index (χ3n) is 4.66. The molecule has 0 radical (unpaired) electrons. The summed E-state index contributed by atoms with van der Waals surface area (Å²) < 4.78 is 5.62. The number of guanidine groups is 1. The SMILES string of the molecule is CCNC(=NCC(c1ccccc1OC)N1CCCC1)NCCCSC. The fourth-order valence-corrected chi connectivity index (χ4v) is 3.78. The molecule has 1 aliphatic rings. The normalized spacial score (nSPS) is 16.5. The average molecular weight is 379 g/mol. The number of thioether (sulfide) groups is 1. The first-order chi connectivity index (χ1) is 12.8. The summed E-state index contributed by atoms with van der Waals surface area (Å²) >= 11 is 1.88. The van der Waals surface area contributed by atoms with E-state index in [0.717, 1.165) is 50.9 Å². The molecule has 0 aromatic heterocycles. The van der Waals surface area contributed by atoms with Gasteiger partial charge in [-0.1, -0.05) is 18.2 Å². The zero-order chi connectivity index (χ0) is 18.6. The van der Waals surface area contributed by atoms with Crippen LogP contribution in [0.5, 0.6) is 5.75 Å². The zero-order valence-corrected chi connectivity index (χ0v) is 17.3. The van der Waals surface area contributed by atoms with Gasteiger partial charge in [-0.2, -0.15) is 11.8 Å². The molecule has 1 saturated heterocycles. The first-order valence-corrected chi connectivity index (χ1v) is 11.1. The summed E-state index contributed by atoms with van der Waals surface area (Å²) in [5.41, 5.74) is 1.24. The lowest BCUT2D eigenvalue weighted by molar-refractivity contribution is 0.245. The Morgan fingerprint density at radius 2 is 2.04 bits per heavy atom. The maximum atomic E-state index is 5.62. The number of methoxy groups -OCH3 is 1.